The molecule has 0 aliphatic carbocycles. The van der Waals surface area contributed by atoms with Crippen LogP contribution in [0.3, 0.4) is 0 Å². The molecule has 2 aromatic rings. The Kier molecular flexibility index (Phi) is 3.57. The maximum Gasteiger partial charge on any atom is 0.313 e. The SMILES string of the molecule is Cc1c(-c2ccco2)on(COC(=O)C(C)(C)C)c1=O. The fourth-order valence-electron chi connectivity index (χ4n) is 1.56. The van der Waals surface area contributed by atoms with E-state index in [0.29, 0.717) is 17.1 Å². The molecule has 0 aliphatic rings. The summed E-state index contributed by atoms with van der Waals surface area (Å²) in [7, 11) is 0. The average molecular weight is 279 g/mol. The van der Waals surface area contributed by atoms with Crippen LogP contribution in [0.1, 0.15) is 26.3 Å². The lowest BCUT2D eigenvalue weighted by molar-refractivity contribution is -0.159. The number of furan rings is 1. The van der Waals surface area contributed by atoms with Crippen LogP contribution in [0, 0.1) is 12.3 Å². The molecular formula is C14H17NO5. The van der Waals surface area contributed by atoms with Crippen molar-refractivity contribution in [3.8, 4) is 11.5 Å². The third-order valence-corrected chi connectivity index (χ3v) is 2.76. The van der Waals surface area contributed by atoms with Crippen LogP contribution in [-0.2, 0) is 16.3 Å². The number of esters is 1. The standard InChI is InChI=1S/C14H17NO5/c1-9-11(10-6-5-7-18-10)20-15(12(9)16)8-19-13(17)14(2,3)4/h5-7H,8H2,1-4H3. The lowest BCUT2D eigenvalue weighted by Crippen LogP contribution is -2.26. The fourth-order valence-corrected chi connectivity index (χ4v) is 1.56. The summed E-state index contributed by atoms with van der Waals surface area (Å²) in [6, 6.07) is 3.39. The number of hydrogen-bond acceptors (Lipinski definition) is 5. The molecule has 108 valence electrons. The van der Waals surface area contributed by atoms with Gasteiger partial charge in [-0.05, 0) is 39.8 Å². The zero-order valence-electron chi connectivity index (χ0n) is 11.9. The van der Waals surface area contributed by atoms with Gasteiger partial charge in [-0.15, -0.1) is 4.74 Å². The molecule has 0 aromatic carbocycles. The van der Waals surface area contributed by atoms with Gasteiger partial charge in [0, 0.05) is 0 Å². The van der Waals surface area contributed by atoms with Crippen LogP contribution in [0.15, 0.2) is 32.1 Å². The summed E-state index contributed by atoms with van der Waals surface area (Å²) in [5.41, 5.74) is -0.570. The first kappa shape index (κ1) is 14.2. The van der Waals surface area contributed by atoms with Gasteiger partial charge < -0.3 is 13.7 Å². The van der Waals surface area contributed by atoms with Gasteiger partial charge in [0.05, 0.1) is 17.2 Å². The maximum absolute atomic E-state index is 12.0. The van der Waals surface area contributed by atoms with Gasteiger partial charge in [0.1, 0.15) is 0 Å². The van der Waals surface area contributed by atoms with Gasteiger partial charge in [-0.3, -0.25) is 9.59 Å². The molecule has 0 aliphatic heterocycles. The van der Waals surface area contributed by atoms with Crippen molar-refractivity contribution in [3.05, 3.63) is 34.3 Å². The Morgan fingerprint density at radius 2 is 2.10 bits per heavy atom. The molecule has 0 spiro atoms. The van der Waals surface area contributed by atoms with E-state index in [9.17, 15) is 9.59 Å². The molecule has 6 heteroatoms. The largest absolute Gasteiger partial charge is 0.461 e. The first-order chi connectivity index (χ1) is 9.30. The number of rotatable bonds is 3. The molecule has 20 heavy (non-hydrogen) atoms. The predicted octanol–water partition coefficient (Wildman–Crippen LogP) is 2.56. The number of ether oxygens (including phenoxy) is 1. The molecule has 2 heterocycles. The minimum atomic E-state index is -0.630. The number of carbonyl (C=O) groups excluding carboxylic acids is 1. The van der Waals surface area contributed by atoms with E-state index < -0.39 is 11.4 Å². The molecular weight excluding hydrogens is 262 g/mol. The molecule has 0 amide bonds. The van der Waals surface area contributed by atoms with E-state index in [1.54, 1.807) is 39.8 Å². The van der Waals surface area contributed by atoms with Crippen LogP contribution in [0.25, 0.3) is 11.5 Å². The van der Waals surface area contributed by atoms with Crippen molar-refractivity contribution in [1.29, 1.82) is 0 Å². The molecule has 0 unspecified atom stereocenters. The van der Waals surface area contributed by atoms with Gasteiger partial charge in [0.2, 0.25) is 12.5 Å². The lowest BCUT2D eigenvalue weighted by Gasteiger charge is -2.15. The molecule has 0 saturated carbocycles. The van der Waals surface area contributed by atoms with Crippen molar-refractivity contribution in [2.24, 2.45) is 5.41 Å². The highest BCUT2D eigenvalue weighted by Crippen LogP contribution is 2.22. The third kappa shape index (κ3) is 2.68. The second-order valence-corrected chi connectivity index (χ2v) is 5.52. The molecule has 0 N–H and O–H groups in total. The van der Waals surface area contributed by atoms with Crippen molar-refractivity contribution >= 4 is 5.97 Å². The van der Waals surface area contributed by atoms with Crippen LogP contribution in [0.4, 0.5) is 0 Å². The highest BCUT2D eigenvalue weighted by atomic mass is 16.6. The maximum atomic E-state index is 12.0. The normalized spacial score (nSPS) is 11.6. The Bertz CT molecular complexity index is 655. The second-order valence-electron chi connectivity index (χ2n) is 5.52. The molecule has 0 bridgehead atoms. The van der Waals surface area contributed by atoms with Crippen molar-refractivity contribution in [2.75, 3.05) is 0 Å². The highest BCUT2D eigenvalue weighted by Gasteiger charge is 2.24. The molecule has 0 radical (unpaired) electrons. The number of aromatic nitrogens is 1. The van der Waals surface area contributed by atoms with Crippen molar-refractivity contribution in [1.82, 2.24) is 4.74 Å². The van der Waals surface area contributed by atoms with Crippen molar-refractivity contribution < 1.29 is 18.5 Å². The predicted molar refractivity (Wildman–Crippen MR) is 71.0 cm³/mol. The van der Waals surface area contributed by atoms with Crippen LogP contribution in [0.2, 0.25) is 0 Å². The summed E-state index contributed by atoms with van der Waals surface area (Å²) in [6.45, 7) is 6.58. The second kappa shape index (κ2) is 5.03. The Hall–Kier alpha value is -2.24. The smallest absolute Gasteiger partial charge is 0.313 e. The molecule has 0 fully saturated rings. The summed E-state index contributed by atoms with van der Waals surface area (Å²) in [4.78, 5) is 23.7. The first-order valence-corrected chi connectivity index (χ1v) is 6.22. The molecule has 0 atom stereocenters. The van der Waals surface area contributed by atoms with Crippen LogP contribution in [-0.4, -0.2) is 10.7 Å². The summed E-state index contributed by atoms with van der Waals surface area (Å²) >= 11 is 0. The van der Waals surface area contributed by atoms with E-state index in [1.807, 2.05) is 0 Å². The monoisotopic (exact) mass is 279 g/mol. The summed E-state index contributed by atoms with van der Waals surface area (Å²) < 4.78 is 16.6. The summed E-state index contributed by atoms with van der Waals surface area (Å²) in [5, 5.41) is 0. The average Bonchev–Trinajstić information content (AvgIpc) is 2.97. The van der Waals surface area contributed by atoms with E-state index in [0.717, 1.165) is 4.74 Å². The summed E-state index contributed by atoms with van der Waals surface area (Å²) in [6.07, 6.45) is 1.49. The molecule has 6 nitrogen and oxygen atoms in total. The van der Waals surface area contributed by atoms with Crippen LogP contribution >= 0.6 is 0 Å². The van der Waals surface area contributed by atoms with Gasteiger partial charge in [0.15, 0.2) is 5.76 Å². The quantitative estimate of drug-likeness (QED) is 0.807. The van der Waals surface area contributed by atoms with Gasteiger partial charge >= 0.3 is 5.97 Å². The zero-order chi connectivity index (χ0) is 14.9. The lowest BCUT2D eigenvalue weighted by atomic mass is 9.98. The minimum Gasteiger partial charge on any atom is -0.461 e. The van der Waals surface area contributed by atoms with Crippen LogP contribution < -0.4 is 5.56 Å². The van der Waals surface area contributed by atoms with E-state index in [-0.39, 0.29) is 12.3 Å². The van der Waals surface area contributed by atoms with Crippen molar-refractivity contribution in [2.45, 2.75) is 34.4 Å². The Balaban J connectivity index is 2.21. The third-order valence-electron chi connectivity index (χ3n) is 2.76. The summed E-state index contributed by atoms with van der Waals surface area (Å²) in [5.74, 6) is 0.394. The topological polar surface area (TPSA) is 74.6 Å². The Morgan fingerprint density at radius 3 is 2.65 bits per heavy atom. The van der Waals surface area contributed by atoms with E-state index >= 15 is 0 Å². The molecule has 2 rings (SSSR count). The first-order valence-electron chi connectivity index (χ1n) is 6.22. The Morgan fingerprint density at radius 1 is 1.40 bits per heavy atom. The molecule has 2 aromatic heterocycles. The fraction of sp³-hybridized carbons (Fsp3) is 0.429. The van der Waals surface area contributed by atoms with E-state index in [1.165, 1.54) is 6.26 Å². The number of hydrogen-bond donors (Lipinski definition) is 0. The highest BCUT2D eigenvalue weighted by molar-refractivity contribution is 5.75. The number of nitrogens with zero attached hydrogens (tertiary/aromatic N) is 1. The van der Waals surface area contributed by atoms with Gasteiger partial charge in [-0.25, -0.2) is 0 Å². The van der Waals surface area contributed by atoms with E-state index in [2.05, 4.69) is 0 Å². The van der Waals surface area contributed by atoms with Crippen molar-refractivity contribution in [3.63, 3.8) is 0 Å². The molecule has 0 saturated heterocycles. The zero-order valence-corrected chi connectivity index (χ0v) is 11.9. The van der Waals surface area contributed by atoms with Gasteiger partial charge in [0.25, 0.3) is 5.56 Å². The minimum absolute atomic E-state index is 0.253. The van der Waals surface area contributed by atoms with E-state index in [4.69, 9.17) is 13.7 Å². The Labute approximate surface area is 115 Å². The van der Waals surface area contributed by atoms with Crippen LogP contribution in [0.5, 0.6) is 0 Å². The van der Waals surface area contributed by atoms with Gasteiger partial charge in [-0.2, -0.15) is 0 Å². The number of carbonyl (C=O) groups is 1. The van der Waals surface area contributed by atoms with Gasteiger partial charge in [-0.1, -0.05) is 0 Å².